The van der Waals surface area contributed by atoms with E-state index in [0.29, 0.717) is 37.3 Å². The Morgan fingerprint density at radius 2 is 1.71 bits per heavy atom. The summed E-state index contributed by atoms with van der Waals surface area (Å²) in [4.78, 5) is 45.2. The molecule has 0 saturated heterocycles. The van der Waals surface area contributed by atoms with Crippen molar-refractivity contribution in [2.24, 2.45) is 16.3 Å². The SMILES string of the molecule is CN(CCC(=O)O)C(=O)c1ccc(CCN2C(=O)C(c3cccc(C(F)(F)F)c3)=NC23CCC(C(C)(C)C)CC3)cc1. The van der Waals surface area contributed by atoms with E-state index in [4.69, 9.17) is 10.1 Å². The molecule has 2 amide bonds. The standard InChI is InChI=1S/C32H38F3N3O4/c1-30(2,3)24-12-16-31(17-13-24)36-27(23-6-5-7-25(20-23)32(33,34)35)29(42)38(31)19-14-21-8-10-22(11-9-21)28(41)37(4)18-15-26(39)40/h5-11,20,24H,12-19H2,1-4H3,(H,39,40). The van der Waals surface area contributed by atoms with Gasteiger partial charge in [-0.25, -0.2) is 0 Å². The highest BCUT2D eigenvalue weighted by molar-refractivity contribution is 6.46. The van der Waals surface area contributed by atoms with Crippen molar-refractivity contribution < 1.29 is 32.7 Å². The number of amides is 2. The first kappa shape index (κ1) is 31.3. The molecule has 1 aliphatic carbocycles. The molecule has 42 heavy (non-hydrogen) atoms. The summed E-state index contributed by atoms with van der Waals surface area (Å²) in [6.07, 6.45) is -1.20. The first-order chi connectivity index (χ1) is 19.6. The predicted molar refractivity (Wildman–Crippen MR) is 153 cm³/mol. The Morgan fingerprint density at radius 1 is 1.07 bits per heavy atom. The molecule has 1 spiro atoms. The summed E-state index contributed by atoms with van der Waals surface area (Å²) in [5, 5.41) is 8.87. The van der Waals surface area contributed by atoms with Gasteiger partial charge in [-0.15, -0.1) is 0 Å². The molecular formula is C32H38F3N3O4. The highest BCUT2D eigenvalue weighted by atomic mass is 19.4. The molecule has 0 atom stereocenters. The van der Waals surface area contributed by atoms with Crippen molar-refractivity contribution >= 4 is 23.5 Å². The largest absolute Gasteiger partial charge is 0.481 e. The number of rotatable bonds is 8. The van der Waals surface area contributed by atoms with Gasteiger partial charge in [-0.05, 0) is 73.3 Å². The highest BCUT2D eigenvalue weighted by Gasteiger charge is 2.50. The number of carbonyl (C=O) groups excluding carboxylic acids is 2. The number of benzene rings is 2. The quantitative estimate of drug-likeness (QED) is 0.408. The topological polar surface area (TPSA) is 90.3 Å². The highest BCUT2D eigenvalue weighted by Crippen LogP contribution is 2.46. The van der Waals surface area contributed by atoms with E-state index in [0.717, 1.165) is 30.5 Å². The van der Waals surface area contributed by atoms with Crippen LogP contribution in [-0.2, 0) is 22.2 Å². The van der Waals surface area contributed by atoms with Gasteiger partial charge in [0.25, 0.3) is 11.8 Å². The van der Waals surface area contributed by atoms with Crippen LogP contribution >= 0.6 is 0 Å². The molecule has 1 N–H and O–H groups in total. The second-order valence-corrected chi connectivity index (χ2v) is 12.4. The van der Waals surface area contributed by atoms with Gasteiger partial charge >= 0.3 is 12.1 Å². The van der Waals surface area contributed by atoms with Crippen LogP contribution in [0.25, 0.3) is 0 Å². The van der Waals surface area contributed by atoms with Crippen LogP contribution in [0.3, 0.4) is 0 Å². The summed E-state index contributed by atoms with van der Waals surface area (Å²) in [6.45, 7) is 7.02. The summed E-state index contributed by atoms with van der Waals surface area (Å²) < 4.78 is 40.4. The van der Waals surface area contributed by atoms with E-state index in [1.807, 2.05) is 0 Å². The molecule has 1 saturated carbocycles. The van der Waals surface area contributed by atoms with E-state index in [1.165, 1.54) is 17.0 Å². The minimum absolute atomic E-state index is 0.0700. The van der Waals surface area contributed by atoms with Crippen LogP contribution < -0.4 is 0 Å². The average Bonchev–Trinajstić information content (AvgIpc) is 3.20. The van der Waals surface area contributed by atoms with Crippen molar-refractivity contribution in [1.29, 1.82) is 0 Å². The minimum Gasteiger partial charge on any atom is -0.481 e. The fourth-order valence-corrected chi connectivity index (χ4v) is 5.94. The van der Waals surface area contributed by atoms with Crippen molar-refractivity contribution in [3.63, 3.8) is 0 Å². The molecule has 7 nitrogen and oxygen atoms in total. The molecule has 2 aliphatic rings. The van der Waals surface area contributed by atoms with Crippen molar-refractivity contribution in [3.8, 4) is 0 Å². The fourth-order valence-electron chi connectivity index (χ4n) is 5.94. The van der Waals surface area contributed by atoms with Gasteiger partial charge in [0.2, 0.25) is 0 Å². The van der Waals surface area contributed by atoms with Crippen molar-refractivity contribution in [2.75, 3.05) is 20.1 Å². The molecule has 226 valence electrons. The van der Waals surface area contributed by atoms with Gasteiger partial charge < -0.3 is 14.9 Å². The van der Waals surface area contributed by atoms with Gasteiger partial charge in [0.05, 0.1) is 12.0 Å². The summed E-state index contributed by atoms with van der Waals surface area (Å²) in [5.41, 5.74) is 0.0387. The summed E-state index contributed by atoms with van der Waals surface area (Å²) >= 11 is 0. The number of hydrogen-bond acceptors (Lipinski definition) is 4. The van der Waals surface area contributed by atoms with Gasteiger partial charge in [-0.1, -0.05) is 45.0 Å². The molecule has 10 heteroatoms. The smallest absolute Gasteiger partial charge is 0.416 e. The number of hydrogen-bond donors (Lipinski definition) is 1. The second kappa shape index (κ2) is 11.9. The number of carbonyl (C=O) groups is 3. The number of carboxylic acids is 1. The molecule has 0 bridgehead atoms. The van der Waals surface area contributed by atoms with Crippen molar-refractivity contribution in [3.05, 3.63) is 70.8 Å². The van der Waals surface area contributed by atoms with Gasteiger partial charge in [0.1, 0.15) is 11.4 Å². The van der Waals surface area contributed by atoms with Gasteiger partial charge in [0.15, 0.2) is 0 Å². The Labute approximate surface area is 244 Å². The van der Waals surface area contributed by atoms with Gasteiger partial charge in [0, 0.05) is 31.3 Å². The van der Waals surface area contributed by atoms with E-state index < -0.39 is 23.4 Å². The summed E-state index contributed by atoms with van der Waals surface area (Å²) in [5.74, 6) is -1.18. The summed E-state index contributed by atoms with van der Waals surface area (Å²) in [7, 11) is 1.55. The molecule has 2 aromatic rings. The number of aliphatic imine (C=N–C) groups is 1. The molecule has 0 unspecified atom stereocenters. The molecule has 4 rings (SSSR count). The van der Waals surface area contributed by atoms with Crippen LogP contribution in [0.15, 0.2) is 53.5 Å². The van der Waals surface area contributed by atoms with Crippen molar-refractivity contribution in [1.82, 2.24) is 9.80 Å². The zero-order valence-corrected chi connectivity index (χ0v) is 24.5. The lowest BCUT2D eigenvalue weighted by Gasteiger charge is -2.45. The van der Waals surface area contributed by atoms with Crippen LogP contribution in [0.2, 0.25) is 0 Å². The maximum Gasteiger partial charge on any atom is 0.416 e. The van der Waals surface area contributed by atoms with E-state index in [1.54, 1.807) is 36.2 Å². The zero-order chi connectivity index (χ0) is 30.9. The lowest BCUT2D eigenvalue weighted by atomic mass is 9.69. The van der Waals surface area contributed by atoms with Crippen LogP contribution in [-0.4, -0.2) is 64.2 Å². The monoisotopic (exact) mass is 585 g/mol. The Balaban J connectivity index is 1.54. The molecule has 1 aliphatic heterocycles. The fraction of sp³-hybridized carbons (Fsp3) is 0.500. The average molecular weight is 586 g/mol. The third-order valence-corrected chi connectivity index (χ3v) is 8.58. The van der Waals surface area contributed by atoms with Crippen molar-refractivity contribution in [2.45, 2.75) is 71.1 Å². The summed E-state index contributed by atoms with van der Waals surface area (Å²) in [6, 6.07) is 11.8. The molecule has 1 fully saturated rings. The van der Waals surface area contributed by atoms with E-state index in [2.05, 4.69) is 20.8 Å². The maximum atomic E-state index is 13.8. The maximum absolute atomic E-state index is 13.8. The zero-order valence-electron chi connectivity index (χ0n) is 24.5. The van der Waals surface area contributed by atoms with Gasteiger partial charge in [-0.2, -0.15) is 13.2 Å². The third-order valence-electron chi connectivity index (χ3n) is 8.58. The number of halogens is 3. The van der Waals surface area contributed by atoms with Crippen LogP contribution in [0.4, 0.5) is 13.2 Å². The Bertz CT molecular complexity index is 1350. The number of nitrogens with zero attached hydrogens (tertiary/aromatic N) is 3. The van der Waals surface area contributed by atoms with Crippen LogP contribution in [0.5, 0.6) is 0 Å². The van der Waals surface area contributed by atoms with Crippen LogP contribution in [0, 0.1) is 11.3 Å². The molecular weight excluding hydrogens is 547 g/mol. The number of carboxylic acid groups (broad SMARTS) is 1. The molecule has 2 aromatic carbocycles. The number of aliphatic carboxylic acids is 1. The molecule has 0 radical (unpaired) electrons. The minimum atomic E-state index is -4.53. The lowest BCUT2D eigenvalue weighted by Crippen LogP contribution is -2.50. The molecule has 0 aromatic heterocycles. The first-order valence-corrected chi connectivity index (χ1v) is 14.3. The van der Waals surface area contributed by atoms with E-state index >= 15 is 0 Å². The number of alkyl halides is 3. The first-order valence-electron chi connectivity index (χ1n) is 14.3. The van der Waals surface area contributed by atoms with E-state index in [9.17, 15) is 27.6 Å². The second-order valence-electron chi connectivity index (χ2n) is 12.4. The Morgan fingerprint density at radius 3 is 2.29 bits per heavy atom. The Kier molecular flexibility index (Phi) is 8.85. The normalized spacial score (nSPS) is 21.0. The van der Waals surface area contributed by atoms with E-state index in [-0.39, 0.29) is 41.5 Å². The van der Waals surface area contributed by atoms with Gasteiger partial charge in [-0.3, -0.25) is 19.4 Å². The third kappa shape index (κ3) is 6.85. The lowest BCUT2D eigenvalue weighted by molar-refractivity contribution is -0.138. The van der Waals surface area contributed by atoms with Crippen LogP contribution in [0.1, 0.15) is 79.9 Å². The predicted octanol–water partition coefficient (Wildman–Crippen LogP) is 6.06. The molecule has 1 heterocycles. The Hall–Kier alpha value is -3.69.